The Morgan fingerprint density at radius 3 is 2.47 bits per heavy atom. The van der Waals surface area contributed by atoms with Crippen molar-refractivity contribution >= 4 is 5.78 Å². The Morgan fingerprint density at radius 1 is 1.47 bits per heavy atom. The summed E-state index contributed by atoms with van der Waals surface area (Å²) in [6, 6.07) is 0. The van der Waals surface area contributed by atoms with E-state index in [1.54, 1.807) is 0 Å². The van der Waals surface area contributed by atoms with Crippen LogP contribution < -0.4 is 0 Å². The van der Waals surface area contributed by atoms with Gasteiger partial charge in [-0.2, -0.15) is 0 Å². The molecule has 0 spiro atoms. The first-order valence-corrected chi connectivity index (χ1v) is 5.92. The molecule has 1 aliphatic heterocycles. The maximum absolute atomic E-state index is 11.7. The summed E-state index contributed by atoms with van der Waals surface area (Å²) < 4.78 is 0. The van der Waals surface area contributed by atoms with Crippen molar-refractivity contribution in [2.75, 3.05) is 19.6 Å². The van der Waals surface area contributed by atoms with Crippen LogP contribution in [0.1, 0.15) is 40.0 Å². The molecule has 1 atom stereocenters. The zero-order valence-corrected chi connectivity index (χ0v) is 10.1. The van der Waals surface area contributed by atoms with Gasteiger partial charge in [0, 0.05) is 19.0 Å². The van der Waals surface area contributed by atoms with E-state index in [1.165, 1.54) is 0 Å². The van der Waals surface area contributed by atoms with E-state index in [9.17, 15) is 9.90 Å². The Bertz CT molecular complexity index is 216. The first-order valence-electron chi connectivity index (χ1n) is 5.92. The van der Waals surface area contributed by atoms with Crippen molar-refractivity contribution in [3.63, 3.8) is 0 Å². The van der Waals surface area contributed by atoms with E-state index < -0.39 is 5.60 Å². The number of hydrogen-bond acceptors (Lipinski definition) is 3. The normalized spacial score (nSPS) is 23.7. The molecular weight excluding hydrogens is 190 g/mol. The van der Waals surface area contributed by atoms with Gasteiger partial charge in [-0.25, -0.2) is 0 Å². The van der Waals surface area contributed by atoms with Gasteiger partial charge in [0.15, 0.2) is 0 Å². The summed E-state index contributed by atoms with van der Waals surface area (Å²) in [5.41, 5.74) is -0.518. The van der Waals surface area contributed by atoms with Crippen molar-refractivity contribution in [3.8, 4) is 0 Å². The molecule has 0 aromatic carbocycles. The van der Waals surface area contributed by atoms with Crippen LogP contribution in [0, 0.1) is 5.92 Å². The summed E-state index contributed by atoms with van der Waals surface area (Å²) in [4.78, 5) is 13.9. The Hall–Kier alpha value is -0.410. The van der Waals surface area contributed by atoms with Crippen molar-refractivity contribution in [1.29, 1.82) is 0 Å². The number of carbonyl (C=O) groups is 1. The molecule has 1 saturated heterocycles. The number of Topliss-reactive ketones (excluding diaryl/α,β-unsaturated/α-hetero) is 1. The molecule has 0 aromatic rings. The predicted molar refractivity (Wildman–Crippen MR) is 60.8 cm³/mol. The number of rotatable bonds is 4. The third-order valence-electron chi connectivity index (χ3n) is 3.47. The zero-order valence-electron chi connectivity index (χ0n) is 10.1. The molecule has 15 heavy (non-hydrogen) atoms. The van der Waals surface area contributed by atoms with Gasteiger partial charge in [0.2, 0.25) is 0 Å². The van der Waals surface area contributed by atoms with Crippen LogP contribution in [-0.4, -0.2) is 41.0 Å². The molecular formula is C12H23NO2. The Kier molecular flexibility index (Phi) is 4.29. The number of likely N-dealkylation sites (tertiary alicyclic amines) is 1. The van der Waals surface area contributed by atoms with Gasteiger partial charge in [-0.3, -0.25) is 9.69 Å². The lowest BCUT2D eigenvalue weighted by Crippen LogP contribution is -2.44. The van der Waals surface area contributed by atoms with Gasteiger partial charge in [-0.05, 0) is 26.2 Å². The van der Waals surface area contributed by atoms with Crippen LogP contribution in [0.5, 0.6) is 0 Å². The number of ketones is 1. The number of hydrogen-bond donors (Lipinski definition) is 1. The lowest BCUT2D eigenvalue weighted by atomic mass is 9.93. The maximum Gasteiger partial charge on any atom is 0.149 e. The summed E-state index contributed by atoms with van der Waals surface area (Å²) in [6.45, 7) is 8.16. The molecule has 0 saturated carbocycles. The monoisotopic (exact) mass is 213 g/mol. The molecule has 3 heteroatoms. The second-order valence-electron chi connectivity index (χ2n) is 5.05. The van der Waals surface area contributed by atoms with E-state index in [4.69, 9.17) is 0 Å². The van der Waals surface area contributed by atoms with Gasteiger partial charge >= 0.3 is 0 Å². The molecule has 1 unspecified atom stereocenters. The van der Waals surface area contributed by atoms with E-state index in [0.717, 1.165) is 32.4 Å². The van der Waals surface area contributed by atoms with Crippen LogP contribution in [0.25, 0.3) is 0 Å². The molecule has 1 aliphatic rings. The highest BCUT2D eigenvalue weighted by Gasteiger charge is 2.28. The molecule has 0 amide bonds. The van der Waals surface area contributed by atoms with Crippen LogP contribution in [0.2, 0.25) is 0 Å². The molecule has 0 radical (unpaired) electrons. The van der Waals surface area contributed by atoms with Gasteiger partial charge in [-0.1, -0.05) is 13.8 Å². The average Bonchev–Trinajstić information content (AvgIpc) is 2.20. The summed E-state index contributed by atoms with van der Waals surface area (Å²) in [6.07, 6.45) is 2.48. The Balaban J connectivity index is 2.33. The summed E-state index contributed by atoms with van der Waals surface area (Å²) in [5, 5.41) is 9.77. The van der Waals surface area contributed by atoms with Crippen LogP contribution in [0.15, 0.2) is 0 Å². The van der Waals surface area contributed by atoms with Crippen LogP contribution in [0.4, 0.5) is 0 Å². The second kappa shape index (κ2) is 5.08. The minimum absolute atomic E-state index is 0.174. The zero-order chi connectivity index (χ0) is 11.5. The van der Waals surface area contributed by atoms with Gasteiger partial charge in [-0.15, -0.1) is 0 Å². The van der Waals surface area contributed by atoms with Gasteiger partial charge < -0.3 is 5.11 Å². The van der Waals surface area contributed by atoms with Crippen LogP contribution in [-0.2, 0) is 4.79 Å². The molecule has 0 bridgehead atoms. The van der Waals surface area contributed by atoms with Gasteiger partial charge in [0.05, 0.1) is 12.1 Å². The Morgan fingerprint density at radius 2 is 2.00 bits per heavy atom. The van der Waals surface area contributed by atoms with E-state index in [2.05, 4.69) is 4.90 Å². The number of nitrogens with zero attached hydrogens (tertiary/aromatic N) is 1. The summed E-state index contributed by atoms with van der Waals surface area (Å²) >= 11 is 0. The highest BCUT2D eigenvalue weighted by molar-refractivity contribution is 5.82. The average molecular weight is 213 g/mol. The van der Waals surface area contributed by atoms with Gasteiger partial charge in [0.1, 0.15) is 5.78 Å². The maximum atomic E-state index is 11.7. The quantitative estimate of drug-likeness (QED) is 0.768. The molecule has 0 aromatic heterocycles. The van der Waals surface area contributed by atoms with E-state index in [1.807, 2.05) is 20.8 Å². The van der Waals surface area contributed by atoms with Crippen molar-refractivity contribution in [2.24, 2.45) is 5.92 Å². The number of carbonyl (C=O) groups excluding carboxylic acids is 1. The SMILES string of the molecule is CCC(C)C(=O)CN1CCC(C)(O)CC1. The number of piperidine rings is 1. The molecule has 88 valence electrons. The molecule has 3 nitrogen and oxygen atoms in total. The molecule has 1 heterocycles. The third-order valence-corrected chi connectivity index (χ3v) is 3.47. The largest absolute Gasteiger partial charge is 0.390 e. The topological polar surface area (TPSA) is 40.5 Å². The minimum atomic E-state index is -0.518. The van der Waals surface area contributed by atoms with Crippen molar-refractivity contribution < 1.29 is 9.90 Å². The van der Waals surface area contributed by atoms with Gasteiger partial charge in [0.25, 0.3) is 0 Å². The van der Waals surface area contributed by atoms with E-state index >= 15 is 0 Å². The Labute approximate surface area is 92.5 Å². The second-order valence-corrected chi connectivity index (χ2v) is 5.05. The predicted octanol–water partition coefficient (Wildman–Crippen LogP) is 1.45. The minimum Gasteiger partial charge on any atom is -0.390 e. The lowest BCUT2D eigenvalue weighted by Gasteiger charge is -2.35. The summed E-state index contributed by atoms with van der Waals surface area (Å²) in [5.74, 6) is 0.506. The fourth-order valence-electron chi connectivity index (χ4n) is 1.80. The first-order chi connectivity index (χ1) is 6.94. The molecule has 0 aliphatic carbocycles. The molecule has 1 N–H and O–H groups in total. The highest BCUT2D eigenvalue weighted by atomic mass is 16.3. The highest BCUT2D eigenvalue weighted by Crippen LogP contribution is 2.21. The fraction of sp³-hybridized carbons (Fsp3) is 0.917. The first kappa shape index (κ1) is 12.7. The number of aliphatic hydroxyl groups is 1. The smallest absolute Gasteiger partial charge is 0.149 e. The van der Waals surface area contributed by atoms with E-state index in [0.29, 0.717) is 12.3 Å². The van der Waals surface area contributed by atoms with Crippen LogP contribution >= 0.6 is 0 Å². The van der Waals surface area contributed by atoms with Crippen molar-refractivity contribution in [2.45, 2.75) is 45.6 Å². The van der Waals surface area contributed by atoms with E-state index in [-0.39, 0.29) is 5.92 Å². The van der Waals surface area contributed by atoms with Crippen molar-refractivity contribution in [3.05, 3.63) is 0 Å². The molecule has 1 rings (SSSR count). The third kappa shape index (κ3) is 3.92. The lowest BCUT2D eigenvalue weighted by molar-refractivity contribution is -0.124. The van der Waals surface area contributed by atoms with Crippen LogP contribution in [0.3, 0.4) is 0 Å². The molecule has 1 fully saturated rings. The summed E-state index contributed by atoms with van der Waals surface area (Å²) in [7, 11) is 0. The fourth-order valence-corrected chi connectivity index (χ4v) is 1.80. The van der Waals surface area contributed by atoms with Crippen molar-refractivity contribution in [1.82, 2.24) is 4.90 Å². The standard InChI is InChI=1S/C12H23NO2/c1-4-10(2)11(14)9-13-7-5-12(3,15)6-8-13/h10,15H,4-9H2,1-3H3.